The Morgan fingerprint density at radius 3 is 2.24 bits per heavy atom. The number of carboxylic acids is 1. The lowest BCUT2D eigenvalue weighted by Crippen LogP contribution is -2.58. The van der Waals surface area contributed by atoms with Crippen LogP contribution in [-0.2, 0) is 24.0 Å². The van der Waals surface area contributed by atoms with E-state index >= 15 is 0 Å². The number of nitrogens with two attached hydrogens (primary N) is 3. The maximum Gasteiger partial charge on any atom is 0.326 e. The number of rotatable bonds is 14. The molecule has 1 rings (SSSR count). The third-order valence-electron chi connectivity index (χ3n) is 5.52. The number of nitrogens with zero attached hydrogens (tertiary/aromatic N) is 1. The van der Waals surface area contributed by atoms with Gasteiger partial charge < -0.3 is 42.9 Å². The van der Waals surface area contributed by atoms with Crippen LogP contribution in [0.2, 0.25) is 0 Å². The highest BCUT2D eigenvalue weighted by Crippen LogP contribution is 2.20. The molecule has 0 aromatic rings. The molecular formula is C20H36N6O7. The van der Waals surface area contributed by atoms with Gasteiger partial charge in [0.25, 0.3) is 0 Å². The first-order valence-corrected chi connectivity index (χ1v) is 11.1. The number of hydrogen-bond acceptors (Lipinski definition) is 8. The van der Waals surface area contributed by atoms with Gasteiger partial charge in [0.1, 0.15) is 24.2 Å². The number of carboxylic acid groups (broad SMARTS) is 1. The second-order valence-corrected chi connectivity index (χ2v) is 8.21. The molecule has 0 saturated carbocycles. The van der Waals surface area contributed by atoms with Crippen LogP contribution in [0.4, 0.5) is 0 Å². The highest BCUT2D eigenvalue weighted by molar-refractivity contribution is 5.94. The highest BCUT2D eigenvalue weighted by Gasteiger charge is 2.38. The molecule has 0 radical (unpaired) electrons. The van der Waals surface area contributed by atoms with Crippen molar-refractivity contribution in [3.63, 3.8) is 0 Å². The molecule has 0 aromatic carbocycles. The zero-order valence-corrected chi connectivity index (χ0v) is 18.9. The number of aliphatic hydroxyl groups is 1. The molecule has 10 N–H and O–H groups in total. The molecule has 5 unspecified atom stereocenters. The molecule has 1 aliphatic heterocycles. The second-order valence-electron chi connectivity index (χ2n) is 8.21. The minimum Gasteiger partial charge on any atom is -0.480 e. The maximum absolute atomic E-state index is 13.1. The monoisotopic (exact) mass is 472 g/mol. The van der Waals surface area contributed by atoms with Crippen LogP contribution in [0.25, 0.3) is 0 Å². The first-order chi connectivity index (χ1) is 15.5. The molecule has 0 spiro atoms. The van der Waals surface area contributed by atoms with Gasteiger partial charge in [0.2, 0.25) is 23.6 Å². The van der Waals surface area contributed by atoms with Crippen LogP contribution in [0.5, 0.6) is 0 Å². The van der Waals surface area contributed by atoms with Gasteiger partial charge in [-0.05, 0) is 52.0 Å². The van der Waals surface area contributed by atoms with E-state index in [0.717, 1.165) is 0 Å². The van der Waals surface area contributed by atoms with E-state index in [9.17, 15) is 34.2 Å². The van der Waals surface area contributed by atoms with Gasteiger partial charge in [-0.2, -0.15) is 0 Å². The molecule has 0 aromatic heterocycles. The SMILES string of the molecule is CC(O)C(N)C(=O)NC(CCC(N)=O)C(=O)NC(CCCCN)C(=O)N1CCCC1C(=O)O. The van der Waals surface area contributed by atoms with Gasteiger partial charge >= 0.3 is 5.97 Å². The van der Waals surface area contributed by atoms with E-state index in [0.29, 0.717) is 32.2 Å². The van der Waals surface area contributed by atoms with Gasteiger partial charge in [-0.3, -0.25) is 19.2 Å². The zero-order valence-electron chi connectivity index (χ0n) is 18.9. The molecule has 1 fully saturated rings. The fourth-order valence-corrected chi connectivity index (χ4v) is 3.55. The van der Waals surface area contributed by atoms with Crippen LogP contribution in [-0.4, -0.2) is 88.1 Å². The Kier molecular flexibility index (Phi) is 11.7. The number of amides is 4. The quantitative estimate of drug-likeness (QED) is 0.129. The van der Waals surface area contributed by atoms with E-state index in [2.05, 4.69) is 10.6 Å². The summed E-state index contributed by atoms with van der Waals surface area (Å²) in [5.41, 5.74) is 16.3. The van der Waals surface area contributed by atoms with Crippen LogP contribution >= 0.6 is 0 Å². The molecule has 1 aliphatic rings. The standard InChI is InChI=1S/C20H36N6O7/c1-11(27)16(23)18(30)24-12(7-8-15(22)28)17(29)25-13(5-2-3-9-21)19(31)26-10-4-6-14(26)20(32)33/h11-14,16,27H,2-10,21,23H2,1H3,(H2,22,28)(H,24,30)(H,25,29)(H,32,33). The number of carbonyl (C=O) groups is 5. The maximum atomic E-state index is 13.1. The predicted molar refractivity (Wildman–Crippen MR) is 117 cm³/mol. The number of hydrogen-bond donors (Lipinski definition) is 7. The Hall–Kier alpha value is -2.77. The van der Waals surface area contributed by atoms with Crippen LogP contribution in [0.1, 0.15) is 51.9 Å². The van der Waals surface area contributed by atoms with Crippen molar-refractivity contribution >= 4 is 29.6 Å². The summed E-state index contributed by atoms with van der Waals surface area (Å²) in [7, 11) is 0. The summed E-state index contributed by atoms with van der Waals surface area (Å²) in [6.07, 6.45) is 0.607. The Bertz CT molecular complexity index is 717. The largest absolute Gasteiger partial charge is 0.480 e. The first kappa shape index (κ1) is 28.3. The third kappa shape index (κ3) is 8.94. The van der Waals surface area contributed by atoms with Gasteiger partial charge in [0.05, 0.1) is 6.10 Å². The van der Waals surface area contributed by atoms with Crippen molar-refractivity contribution in [3.05, 3.63) is 0 Å². The van der Waals surface area contributed by atoms with Crippen molar-refractivity contribution in [1.82, 2.24) is 15.5 Å². The average molecular weight is 473 g/mol. The number of unbranched alkanes of at least 4 members (excludes halogenated alkanes) is 1. The summed E-state index contributed by atoms with van der Waals surface area (Å²) in [6, 6.07) is -4.56. The van der Waals surface area contributed by atoms with E-state index in [1.807, 2.05) is 0 Å². The number of primary amides is 1. The molecule has 5 atom stereocenters. The van der Waals surface area contributed by atoms with Gasteiger partial charge in [-0.1, -0.05) is 0 Å². The zero-order chi connectivity index (χ0) is 25.1. The predicted octanol–water partition coefficient (Wildman–Crippen LogP) is -2.87. The molecule has 1 heterocycles. The lowest BCUT2D eigenvalue weighted by atomic mass is 10.0. The van der Waals surface area contributed by atoms with Gasteiger partial charge in [0, 0.05) is 13.0 Å². The average Bonchev–Trinajstić information content (AvgIpc) is 3.24. The minimum atomic E-state index is -1.31. The molecule has 13 heteroatoms. The Morgan fingerprint density at radius 2 is 1.70 bits per heavy atom. The van der Waals surface area contributed by atoms with Gasteiger partial charge in [-0.25, -0.2) is 4.79 Å². The van der Waals surface area contributed by atoms with Gasteiger partial charge in [-0.15, -0.1) is 0 Å². The van der Waals surface area contributed by atoms with E-state index in [4.69, 9.17) is 17.2 Å². The molecular weight excluding hydrogens is 436 g/mol. The molecule has 0 bridgehead atoms. The summed E-state index contributed by atoms with van der Waals surface area (Å²) in [6.45, 7) is 1.94. The van der Waals surface area contributed by atoms with Crippen LogP contribution in [0.3, 0.4) is 0 Å². The Balaban J connectivity index is 3.02. The number of nitrogens with one attached hydrogen (secondary N) is 2. The van der Waals surface area contributed by atoms with Crippen molar-refractivity contribution in [3.8, 4) is 0 Å². The molecule has 4 amide bonds. The van der Waals surface area contributed by atoms with Crippen LogP contribution < -0.4 is 27.8 Å². The highest BCUT2D eigenvalue weighted by atomic mass is 16.4. The molecule has 188 valence electrons. The smallest absolute Gasteiger partial charge is 0.326 e. The number of carbonyl (C=O) groups excluding carboxylic acids is 4. The van der Waals surface area contributed by atoms with Crippen LogP contribution in [0.15, 0.2) is 0 Å². The van der Waals surface area contributed by atoms with Crippen molar-refractivity contribution in [2.24, 2.45) is 17.2 Å². The number of aliphatic hydroxyl groups excluding tert-OH is 1. The number of likely N-dealkylation sites (tertiary alicyclic amines) is 1. The van der Waals surface area contributed by atoms with E-state index < -0.39 is 59.9 Å². The molecule has 0 aliphatic carbocycles. The first-order valence-electron chi connectivity index (χ1n) is 11.1. The summed E-state index contributed by atoms with van der Waals surface area (Å²) in [5, 5.41) is 23.9. The molecule has 33 heavy (non-hydrogen) atoms. The van der Waals surface area contributed by atoms with Crippen molar-refractivity contribution in [1.29, 1.82) is 0 Å². The van der Waals surface area contributed by atoms with Crippen molar-refractivity contribution in [2.75, 3.05) is 13.1 Å². The minimum absolute atomic E-state index is 0.148. The van der Waals surface area contributed by atoms with Gasteiger partial charge in [0.15, 0.2) is 0 Å². The van der Waals surface area contributed by atoms with Crippen LogP contribution in [0, 0.1) is 0 Å². The van der Waals surface area contributed by atoms with E-state index in [1.165, 1.54) is 11.8 Å². The molecule has 13 nitrogen and oxygen atoms in total. The topological polar surface area (TPSA) is 231 Å². The van der Waals surface area contributed by atoms with E-state index in [-0.39, 0.29) is 25.8 Å². The normalized spacial score (nSPS) is 19.3. The lowest BCUT2D eigenvalue weighted by Gasteiger charge is -2.29. The third-order valence-corrected chi connectivity index (χ3v) is 5.52. The Morgan fingerprint density at radius 1 is 1.06 bits per heavy atom. The van der Waals surface area contributed by atoms with E-state index in [1.54, 1.807) is 0 Å². The van der Waals surface area contributed by atoms with Crippen molar-refractivity contribution < 1.29 is 34.2 Å². The fourth-order valence-electron chi connectivity index (χ4n) is 3.55. The molecule has 1 saturated heterocycles. The second kappa shape index (κ2) is 13.7. The fraction of sp³-hybridized carbons (Fsp3) is 0.750. The summed E-state index contributed by atoms with van der Waals surface area (Å²) < 4.78 is 0. The summed E-state index contributed by atoms with van der Waals surface area (Å²) >= 11 is 0. The lowest BCUT2D eigenvalue weighted by molar-refractivity contribution is -0.149. The summed E-state index contributed by atoms with van der Waals surface area (Å²) in [4.78, 5) is 62.3. The Labute approximate surface area is 192 Å². The summed E-state index contributed by atoms with van der Waals surface area (Å²) in [5.74, 6) is -3.91. The van der Waals surface area contributed by atoms with Crippen molar-refractivity contribution in [2.45, 2.75) is 82.1 Å². The number of aliphatic carboxylic acids is 1.